The zero-order valence-electron chi connectivity index (χ0n) is 17.1. The van der Waals surface area contributed by atoms with Crippen LogP contribution in [0.15, 0.2) is 29.1 Å². The SMILES string of the molecule is CN(C)CCn1c(=O)n(CC(=O)C23CC4CC(CC(C4)C2)C3)c2ccccc21. The maximum Gasteiger partial charge on any atom is 0.329 e. The molecule has 4 bridgehead atoms. The molecule has 1 aromatic carbocycles. The Balaban J connectivity index is 1.48. The van der Waals surface area contributed by atoms with Crippen LogP contribution >= 0.6 is 0 Å². The van der Waals surface area contributed by atoms with Gasteiger partial charge < -0.3 is 4.90 Å². The van der Waals surface area contributed by atoms with Crippen molar-refractivity contribution in [3.05, 3.63) is 34.7 Å². The number of para-hydroxylation sites is 2. The highest BCUT2D eigenvalue weighted by Gasteiger charge is 2.54. The summed E-state index contributed by atoms with van der Waals surface area (Å²) in [5.41, 5.74) is 1.64. The molecule has 0 N–H and O–H groups in total. The highest BCUT2D eigenvalue weighted by molar-refractivity contribution is 5.87. The summed E-state index contributed by atoms with van der Waals surface area (Å²) in [6.07, 6.45) is 7.17. The van der Waals surface area contributed by atoms with Gasteiger partial charge in [0.15, 0.2) is 5.78 Å². The Labute approximate surface area is 166 Å². The maximum absolute atomic E-state index is 13.6. The molecule has 0 radical (unpaired) electrons. The molecule has 2 aromatic rings. The second-order valence-corrected chi connectivity index (χ2v) is 9.93. The van der Waals surface area contributed by atoms with Crippen LogP contribution in [0.3, 0.4) is 0 Å². The van der Waals surface area contributed by atoms with Crippen LogP contribution in [0.2, 0.25) is 0 Å². The van der Waals surface area contributed by atoms with Crippen LogP contribution in [-0.2, 0) is 17.9 Å². The minimum atomic E-state index is -0.152. The molecule has 4 aliphatic carbocycles. The summed E-state index contributed by atoms with van der Waals surface area (Å²) in [7, 11) is 4.03. The number of carbonyl (C=O) groups excluding carboxylic acids is 1. The molecular formula is C23H31N3O2. The topological polar surface area (TPSA) is 47.2 Å². The van der Waals surface area contributed by atoms with Crippen LogP contribution in [0.5, 0.6) is 0 Å². The van der Waals surface area contributed by atoms with Crippen molar-refractivity contribution in [3.63, 3.8) is 0 Å². The van der Waals surface area contributed by atoms with Crippen LogP contribution in [0.1, 0.15) is 38.5 Å². The van der Waals surface area contributed by atoms with E-state index < -0.39 is 0 Å². The number of carbonyl (C=O) groups is 1. The number of hydrogen-bond donors (Lipinski definition) is 0. The van der Waals surface area contributed by atoms with Crippen molar-refractivity contribution in [2.24, 2.45) is 23.2 Å². The standard InChI is InChI=1S/C23H31N3O2/c1-24(2)7-8-25-19-5-3-4-6-20(19)26(22(25)28)15-21(27)23-12-16-9-17(13-23)11-18(10-16)14-23/h3-6,16-18H,7-15H2,1-2H3. The Morgan fingerprint density at radius 1 is 1.00 bits per heavy atom. The van der Waals surface area contributed by atoms with Gasteiger partial charge in [-0.1, -0.05) is 12.1 Å². The average molecular weight is 382 g/mol. The van der Waals surface area contributed by atoms with Gasteiger partial charge in [-0.3, -0.25) is 13.9 Å². The van der Waals surface area contributed by atoms with Gasteiger partial charge in [0.25, 0.3) is 0 Å². The van der Waals surface area contributed by atoms with Crippen LogP contribution in [-0.4, -0.2) is 40.5 Å². The minimum absolute atomic E-state index is 0.0406. The van der Waals surface area contributed by atoms with Gasteiger partial charge in [0, 0.05) is 18.5 Å². The Kier molecular flexibility index (Phi) is 4.27. The summed E-state index contributed by atoms with van der Waals surface area (Å²) < 4.78 is 3.58. The molecule has 0 atom stereocenters. The molecule has 6 rings (SSSR count). The first-order valence-electron chi connectivity index (χ1n) is 10.8. The molecule has 5 heteroatoms. The number of benzene rings is 1. The third-order valence-corrected chi connectivity index (χ3v) is 7.63. The van der Waals surface area contributed by atoms with E-state index in [2.05, 4.69) is 4.90 Å². The molecule has 4 fully saturated rings. The van der Waals surface area contributed by atoms with Gasteiger partial charge in [0.2, 0.25) is 0 Å². The molecule has 0 amide bonds. The first-order valence-corrected chi connectivity index (χ1v) is 10.8. The lowest BCUT2D eigenvalue weighted by Crippen LogP contribution is -2.51. The van der Waals surface area contributed by atoms with E-state index in [1.807, 2.05) is 42.9 Å². The number of rotatable bonds is 6. The maximum atomic E-state index is 13.6. The molecule has 0 aliphatic heterocycles. The predicted octanol–water partition coefficient (Wildman–Crippen LogP) is 3.15. The molecule has 150 valence electrons. The molecule has 5 nitrogen and oxygen atoms in total. The van der Waals surface area contributed by atoms with Crippen molar-refractivity contribution in [2.45, 2.75) is 51.6 Å². The summed E-state index contributed by atoms with van der Waals surface area (Å²) in [6, 6.07) is 7.91. The van der Waals surface area contributed by atoms with E-state index in [1.165, 1.54) is 19.3 Å². The van der Waals surface area contributed by atoms with E-state index in [0.29, 0.717) is 12.3 Å². The Morgan fingerprint density at radius 3 is 2.07 bits per heavy atom. The molecule has 4 aliphatic rings. The summed E-state index contributed by atoms with van der Waals surface area (Å²) in [6.45, 7) is 1.68. The average Bonchev–Trinajstić information content (AvgIpc) is 2.90. The van der Waals surface area contributed by atoms with Crippen molar-refractivity contribution < 1.29 is 4.79 Å². The van der Waals surface area contributed by atoms with Gasteiger partial charge in [0.05, 0.1) is 17.6 Å². The van der Waals surface area contributed by atoms with E-state index >= 15 is 0 Å². The number of hydrogen-bond acceptors (Lipinski definition) is 3. The second-order valence-electron chi connectivity index (χ2n) is 9.93. The Bertz CT molecular complexity index is 933. The van der Waals surface area contributed by atoms with Crippen LogP contribution in [0.4, 0.5) is 0 Å². The molecule has 0 saturated heterocycles. The van der Waals surface area contributed by atoms with Gasteiger partial charge in [-0.25, -0.2) is 4.79 Å². The van der Waals surface area contributed by atoms with Crippen LogP contribution in [0.25, 0.3) is 11.0 Å². The summed E-state index contributed by atoms with van der Waals surface area (Å²) in [5.74, 6) is 2.54. The molecule has 0 unspecified atom stereocenters. The van der Waals surface area contributed by atoms with Crippen LogP contribution < -0.4 is 5.69 Å². The normalized spacial score (nSPS) is 31.2. The summed E-state index contributed by atoms with van der Waals surface area (Å²) in [4.78, 5) is 28.9. The Hall–Kier alpha value is -1.88. The lowest BCUT2D eigenvalue weighted by molar-refractivity contribution is -0.144. The molecule has 0 spiro atoms. The fraction of sp³-hybridized carbons (Fsp3) is 0.652. The van der Waals surface area contributed by atoms with Gasteiger partial charge in [-0.15, -0.1) is 0 Å². The number of fused-ring (bicyclic) bond motifs is 1. The Morgan fingerprint density at radius 2 is 1.54 bits per heavy atom. The van der Waals surface area contributed by atoms with Crippen molar-refractivity contribution >= 4 is 16.8 Å². The number of imidazole rings is 1. The quantitative estimate of drug-likeness (QED) is 0.772. The van der Waals surface area contributed by atoms with E-state index in [1.54, 1.807) is 4.57 Å². The fourth-order valence-electron chi connectivity index (χ4n) is 6.70. The largest absolute Gasteiger partial charge is 0.329 e. The third-order valence-electron chi connectivity index (χ3n) is 7.63. The van der Waals surface area contributed by atoms with Gasteiger partial charge in [-0.2, -0.15) is 0 Å². The number of likely N-dealkylation sites (N-methyl/N-ethyl adjacent to an activating group) is 1. The minimum Gasteiger partial charge on any atom is -0.308 e. The lowest BCUT2D eigenvalue weighted by Gasteiger charge is -2.56. The van der Waals surface area contributed by atoms with Crippen molar-refractivity contribution in [2.75, 3.05) is 20.6 Å². The molecule has 1 aromatic heterocycles. The molecular weight excluding hydrogens is 350 g/mol. The first-order chi connectivity index (χ1) is 13.4. The molecule has 4 saturated carbocycles. The van der Waals surface area contributed by atoms with Gasteiger partial charge >= 0.3 is 5.69 Å². The van der Waals surface area contributed by atoms with Gasteiger partial charge in [0.1, 0.15) is 0 Å². The van der Waals surface area contributed by atoms with E-state index in [9.17, 15) is 9.59 Å². The molecule has 1 heterocycles. The molecule has 28 heavy (non-hydrogen) atoms. The smallest absolute Gasteiger partial charge is 0.308 e. The first kappa shape index (κ1) is 18.2. The van der Waals surface area contributed by atoms with Gasteiger partial charge in [-0.05, 0) is 82.5 Å². The number of Topliss-reactive ketones (excluding diaryl/α,β-unsaturated/α-hetero) is 1. The number of aromatic nitrogens is 2. The fourth-order valence-corrected chi connectivity index (χ4v) is 6.70. The zero-order chi connectivity index (χ0) is 19.5. The lowest BCUT2D eigenvalue weighted by atomic mass is 9.48. The van der Waals surface area contributed by atoms with Crippen LogP contribution in [0, 0.1) is 23.2 Å². The highest BCUT2D eigenvalue weighted by Crippen LogP contribution is 2.60. The van der Waals surface area contributed by atoms with Crippen molar-refractivity contribution in [3.8, 4) is 0 Å². The predicted molar refractivity (Wildman–Crippen MR) is 110 cm³/mol. The van der Waals surface area contributed by atoms with Crippen molar-refractivity contribution in [1.82, 2.24) is 14.0 Å². The highest BCUT2D eigenvalue weighted by atomic mass is 16.2. The van der Waals surface area contributed by atoms with E-state index in [0.717, 1.165) is 54.6 Å². The number of ketones is 1. The summed E-state index contributed by atoms with van der Waals surface area (Å²) in [5, 5.41) is 0. The second kappa shape index (κ2) is 6.58. The summed E-state index contributed by atoms with van der Waals surface area (Å²) >= 11 is 0. The zero-order valence-corrected chi connectivity index (χ0v) is 17.1. The third kappa shape index (κ3) is 2.86. The van der Waals surface area contributed by atoms with E-state index in [-0.39, 0.29) is 17.6 Å². The number of nitrogens with zero attached hydrogens (tertiary/aromatic N) is 3. The van der Waals surface area contributed by atoms with Crippen molar-refractivity contribution in [1.29, 1.82) is 0 Å². The van der Waals surface area contributed by atoms with E-state index in [4.69, 9.17) is 0 Å². The monoisotopic (exact) mass is 381 g/mol.